The molecule has 0 radical (unpaired) electrons. The van der Waals surface area contributed by atoms with E-state index in [2.05, 4.69) is 12.2 Å². The maximum absolute atomic E-state index is 12.4. The Kier molecular flexibility index (Phi) is 3.68. The molecule has 0 unspecified atom stereocenters. The smallest absolute Gasteiger partial charge is 0.256 e. The third-order valence-electron chi connectivity index (χ3n) is 4.95. The Hall–Kier alpha value is -2.49. The molecule has 0 atom stereocenters. The number of nitrogens with one attached hydrogen (secondary N) is 1. The van der Waals surface area contributed by atoms with Crippen LogP contribution in [0.2, 0.25) is 0 Å². The van der Waals surface area contributed by atoms with Gasteiger partial charge in [0.05, 0.1) is 12.7 Å². The molecule has 124 valence electrons. The van der Waals surface area contributed by atoms with Gasteiger partial charge in [-0.25, -0.2) is 0 Å². The van der Waals surface area contributed by atoms with Crippen molar-refractivity contribution in [3.8, 4) is 5.75 Å². The molecule has 4 rings (SSSR count). The van der Waals surface area contributed by atoms with Crippen molar-refractivity contribution in [3.63, 3.8) is 0 Å². The molecule has 24 heavy (non-hydrogen) atoms. The van der Waals surface area contributed by atoms with E-state index in [1.165, 1.54) is 24.0 Å². The summed E-state index contributed by atoms with van der Waals surface area (Å²) in [5.41, 5.74) is 4.95. The highest BCUT2D eigenvalue weighted by molar-refractivity contribution is 6.34. The average Bonchev–Trinajstić information content (AvgIpc) is 3.11. The standard InChI is InChI=1S/C20H21NO3/c1-3-13-14-6-4-5-7-18(14)24-19(13)11-16-15-10-12(23-2)8-9-17(15)21-20(16)22/h8-11H,3-7H2,1-2H3,(H,21,22). The third kappa shape index (κ3) is 2.33. The van der Waals surface area contributed by atoms with Gasteiger partial charge in [0.25, 0.3) is 5.91 Å². The lowest BCUT2D eigenvalue weighted by Gasteiger charge is -2.09. The van der Waals surface area contributed by atoms with E-state index in [1.807, 2.05) is 24.3 Å². The predicted molar refractivity (Wildman–Crippen MR) is 94.2 cm³/mol. The Balaban J connectivity index is 1.82. The number of furan rings is 1. The molecule has 0 spiro atoms. The maximum atomic E-state index is 12.4. The van der Waals surface area contributed by atoms with E-state index in [1.54, 1.807) is 7.11 Å². The number of ether oxygens (including phenoxy) is 1. The molecule has 1 amide bonds. The zero-order chi connectivity index (χ0) is 16.7. The minimum absolute atomic E-state index is 0.0883. The Morgan fingerprint density at radius 2 is 2.12 bits per heavy atom. The molecule has 0 fully saturated rings. The largest absolute Gasteiger partial charge is 0.497 e. The van der Waals surface area contributed by atoms with E-state index in [0.29, 0.717) is 5.57 Å². The van der Waals surface area contributed by atoms with Crippen LogP contribution in [0.15, 0.2) is 22.6 Å². The Labute approximate surface area is 141 Å². The van der Waals surface area contributed by atoms with Crippen LogP contribution in [0.4, 0.5) is 5.69 Å². The van der Waals surface area contributed by atoms with Crippen molar-refractivity contribution in [2.24, 2.45) is 0 Å². The summed E-state index contributed by atoms with van der Waals surface area (Å²) in [6.45, 7) is 2.15. The quantitative estimate of drug-likeness (QED) is 0.860. The van der Waals surface area contributed by atoms with Gasteiger partial charge in [-0.05, 0) is 55.5 Å². The molecule has 0 bridgehead atoms. The Morgan fingerprint density at radius 1 is 1.29 bits per heavy atom. The first kappa shape index (κ1) is 15.1. The summed E-state index contributed by atoms with van der Waals surface area (Å²) in [6, 6.07) is 5.62. The van der Waals surface area contributed by atoms with E-state index >= 15 is 0 Å². The predicted octanol–water partition coefficient (Wildman–Crippen LogP) is 4.22. The molecule has 1 N–H and O–H groups in total. The molecule has 0 saturated heterocycles. The summed E-state index contributed by atoms with van der Waals surface area (Å²) in [6.07, 6.45) is 7.31. The molecule has 2 aliphatic rings. The molecule has 2 aromatic rings. The highest BCUT2D eigenvalue weighted by Gasteiger charge is 2.27. The van der Waals surface area contributed by atoms with Crippen molar-refractivity contribution in [1.29, 1.82) is 0 Å². The second kappa shape index (κ2) is 5.86. The van der Waals surface area contributed by atoms with E-state index in [9.17, 15) is 4.79 Å². The Bertz CT molecular complexity index is 845. The highest BCUT2D eigenvalue weighted by Crippen LogP contribution is 2.38. The summed E-state index contributed by atoms with van der Waals surface area (Å²) in [7, 11) is 1.63. The SMILES string of the molecule is CCc1c(C=C2C(=O)Nc3ccc(OC)cc32)oc2c1CCCC2. The van der Waals surface area contributed by atoms with Crippen molar-refractivity contribution < 1.29 is 13.9 Å². The van der Waals surface area contributed by atoms with Gasteiger partial charge in [0.1, 0.15) is 17.3 Å². The summed E-state index contributed by atoms with van der Waals surface area (Å²) in [5, 5.41) is 2.91. The highest BCUT2D eigenvalue weighted by atomic mass is 16.5. The van der Waals surface area contributed by atoms with Gasteiger partial charge in [0, 0.05) is 23.2 Å². The number of carbonyl (C=O) groups is 1. The van der Waals surface area contributed by atoms with Crippen LogP contribution < -0.4 is 10.1 Å². The summed E-state index contributed by atoms with van der Waals surface area (Å²) >= 11 is 0. The average molecular weight is 323 g/mol. The molecular weight excluding hydrogens is 302 g/mol. The lowest BCUT2D eigenvalue weighted by Crippen LogP contribution is -2.03. The lowest BCUT2D eigenvalue weighted by atomic mass is 9.93. The maximum Gasteiger partial charge on any atom is 0.256 e. The van der Waals surface area contributed by atoms with E-state index in [0.717, 1.165) is 47.8 Å². The first-order chi connectivity index (χ1) is 11.7. The van der Waals surface area contributed by atoms with Gasteiger partial charge in [-0.1, -0.05) is 6.92 Å². The van der Waals surface area contributed by atoms with Crippen LogP contribution in [0.5, 0.6) is 5.75 Å². The monoisotopic (exact) mass is 323 g/mol. The van der Waals surface area contributed by atoms with Crippen LogP contribution in [-0.2, 0) is 24.1 Å². The molecule has 1 aromatic heterocycles. The number of benzene rings is 1. The zero-order valence-corrected chi connectivity index (χ0v) is 14.1. The molecule has 4 nitrogen and oxygen atoms in total. The minimum atomic E-state index is -0.0883. The number of carbonyl (C=O) groups excluding carboxylic acids is 1. The number of methoxy groups -OCH3 is 1. The van der Waals surface area contributed by atoms with Crippen LogP contribution >= 0.6 is 0 Å². The number of amides is 1. The summed E-state index contributed by atoms with van der Waals surface area (Å²) in [5.74, 6) is 2.60. The van der Waals surface area contributed by atoms with Gasteiger partial charge in [0.2, 0.25) is 0 Å². The van der Waals surface area contributed by atoms with Crippen LogP contribution in [0.1, 0.15) is 48.0 Å². The summed E-state index contributed by atoms with van der Waals surface area (Å²) < 4.78 is 11.4. The van der Waals surface area contributed by atoms with Gasteiger partial charge >= 0.3 is 0 Å². The van der Waals surface area contributed by atoms with Crippen molar-refractivity contribution in [2.75, 3.05) is 12.4 Å². The fourth-order valence-corrected chi connectivity index (χ4v) is 3.73. The second-order valence-corrected chi connectivity index (χ2v) is 6.33. The van der Waals surface area contributed by atoms with Crippen molar-refractivity contribution in [1.82, 2.24) is 0 Å². The Morgan fingerprint density at radius 3 is 2.92 bits per heavy atom. The van der Waals surface area contributed by atoms with E-state index in [-0.39, 0.29) is 5.91 Å². The van der Waals surface area contributed by atoms with Gasteiger partial charge in [-0.2, -0.15) is 0 Å². The topological polar surface area (TPSA) is 51.5 Å². The molecule has 1 aliphatic carbocycles. The molecule has 2 heterocycles. The molecule has 0 saturated carbocycles. The van der Waals surface area contributed by atoms with Crippen LogP contribution in [0.25, 0.3) is 11.6 Å². The number of fused-ring (bicyclic) bond motifs is 2. The van der Waals surface area contributed by atoms with Gasteiger partial charge < -0.3 is 14.5 Å². The fourth-order valence-electron chi connectivity index (χ4n) is 3.73. The summed E-state index contributed by atoms with van der Waals surface area (Å²) in [4.78, 5) is 12.4. The van der Waals surface area contributed by atoms with Crippen LogP contribution in [0.3, 0.4) is 0 Å². The second-order valence-electron chi connectivity index (χ2n) is 6.33. The number of hydrogen-bond acceptors (Lipinski definition) is 3. The van der Waals surface area contributed by atoms with Crippen molar-refractivity contribution >= 4 is 23.2 Å². The number of aryl methyl sites for hydroxylation is 1. The van der Waals surface area contributed by atoms with Crippen LogP contribution in [-0.4, -0.2) is 13.0 Å². The van der Waals surface area contributed by atoms with E-state index in [4.69, 9.17) is 9.15 Å². The first-order valence-electron chi connectivity index (χ1n) is 8.56. The van der Waals surface area contributed by atoms with E-state index < -0.39 is 0 Å². The lowest BCUT2D eigenvalue weighted by molar-refractivity contribution is -0.110. The number of anilines is 1. The first-order valence-corrected chi connectivity index (χ1v) is 8.56. The van der Waals surface area contributed by atoms with Crippen LogP contribution in [0, 0.1) is 0 Å². The van der Waals surface area contributed by atoms with Gasteiger partial charge in [0.15, 0.2) is 0 Å². The number of hydrogen-bond donors (Lipinski definition) is 1. The number of rotatable bonds is 3. The van der Waals surface area contributed by atoms with Crippen molar-refractivity contribution in [3.05, 3.63) is 46.4 Å². The molecule has 4 heteroatoms. The normalized spacial score (nSPS) is 17.6. The third-order valence-corrected chi connectivity index (χ3v) is 4.95. The minimum Gasteiger partial charge on any atom is -0.497 e. The van der Waals surface area contributed by atoms with Gasteiger partial charge in [-0.3, -0.25) is 4.79 Å². The zero-order valence-electron chi connectivity index (χ0n) is 14.1. The molecule has 1 aromatic carbocycles. The fraction of sp³-hybridized carbons (Fsp3) is 0.350. The molecular formula is C20H21NO3. The van der Waals surface area contributed by atoms with Gasteiger partial charge in [-0.15, -0.1) is 0 Å². The molecule has 1 aliphatic heterocycles. The van der Waals surface area contributed by atoms with Crippen molar-refractivity contribution in [2.45, 2.75) is 39.0 Å².